The van der Waals surface area contributed by atoms with E-state index >= 15 is 0 Å². The van der Waals surface area contributed by atoms with Crippen LogP contribution in [0.1, 0.15) is 41.8 Å². The van der Waals surface area contributed by atoms with Crippen LogP contribution in [-0.4, -0.2) is 24.7 Å². The van der Waals surface area contributed by atoms with Crippen molar-refractivity contribution in [2.24, 2.45) is 0 Å². The number of aryl methyl sites for hydroxylation is 1. The van der Waals surface area contributed by atoms with Crippen molar-refractivity contribution in [1.82, 2.24) is 0 Å². The molecule has 0 N–H and O–H groups in total. The summed E-state index contributed by atoms with van der Waals surface area (Å²) in [6.45, 7) is 4.69. The van der Waals surface area contributed by atoms with Crippen LogP contribution < -0.4 is 4.74 Å². The first-order valence-electron chi connectivity index (χ1n) is 8.20. The van der Waals surface area contributed by atoms with Gasteiger partial charge in [0.25, 0.3) is 0 Å². The Morgan fingerprint density at radius 1 is 1.17 bits per heavy atom. The molecule has 0 aliphatic carbocycles. The molecule has 2 aromatic carbocycles. The van der Waals surface area contributed by atoms with Crippen LogP contribution in [-0.2, 0) is 10.6 Å². The molecule has 0 fully saturated rings. The van der Waals surface area contributed by atoms with Crippen molar-refractivity contribution in [3.05, 3.63) is 65.2 Å². The van der Waals surface area contributed by atoms with Crippen LogP contribution in [0.15, 0.2) is 48.5 Å². The third kappa shape index (κ3) is 5.11. The molecule has 0 bridgehead atoms. The minimum atomic E-state index is -0.0213. The maximum atomic E-state index is 12.9. The lowest BCUT2D eigenvalue weighted by Gasteiger charge is -2.17. The molecule has 2 rings (SSSR count). The maximum Gasteiger partial charge on any atom is 0.196 e. The van der Waals surface area contributed by atoms with Crippen molar-refractivity contribution >= 4 is 17.8 Å². The van der Waals surface area contributed by atoms with Gasteiger partial charge in [0.15, 0.2) is 5.78 Å². The Kier molecular flexibility index (Phi) is 7.35. The molecular formula is C20H24O3S. The monoisotopic (exact) mass is 344 g/mol. The molecule has 0 saturated heterocycles. The summed E-state index contributed by atoms with van der Waals surface area (Å²) in [4.78, 5) is 12.9. The minimum absolute atomic E-state index is 0.00605. The predicted molar refractivity (Wildman–Crippen MR) is 99.9 cm³/mol. The number of carbonyl (C=O) groups excluding carboxylic acids is 1. The Hall–Kier alpha value is -1.78. The van der Waals surface area contributed by atoms with Gasteiger partial charge in [0.1, 0.15) is 5.75 Å². The lowest BCUT2D eigenvalue weighted by atomic mass is 9.99. The Morgan fingerprint density at radius 3 is 2.58 bits per heavy atom. The highest BCUT2D eigenvalue weighted by atomic mass is 32.2. The summed E-state index contributed by atoms with van der Waals surface area (Å²) < 4.78 is 11.3. The van der Waals surface area contributed by atoms with Gasteiger partial charge in [0.05, 0.1) is 18.3 Å². The molecule has 0 heterocycles. The molecule has 0 aliphatic rings. The maximum absolute atomic E-state index is 12.9. The zero-order valence-electron chi connectivity index (χ0n) is 14.5. The van der Waals surface area contributed by atoms with Crippen LogP contribution in [0.3, 0.4) is 0 Å². The van der Waals surface area contributed by atoms with E-state index in [1.54, 1.807) is 0 Å². The SMILES string of the molecule is CCc1ccc(OC(C)CCOSC)c(C(=O)c2ccccc2)c1. The van der Waals surface area contributed by atoms with E-state index in [2.05, 4.69) is 6.92 Å². The minimum Gasteiger partial charge on any atom is -0.490 e. The van der Waals surface area contributed by atoms with E-state index in [0.717, 1.165) is 18.4 Å². The standard InChI is InChI=1S/C20H24O3S/c1-4-16-10-11-19(23-15(2)12-13-22-24-3)18(14-16)20(21)17-8-6-5-7-9-17/h5-11,14-15H,4,12-13H2,1-3H3. The van der Waals surface area contributed by atoms with Crippen LogP contribution in [0.4, 0.5) is 0 Å². The third-order valence-corrected chi connectivity index (χ3v) is 4.19. The van der Waals surface area contributed by atoms with Crippen molar-refractivity contribution in [3.63, 3.8) is 0 Å². The van der Waals surface area contributed by atoms with E-state index in [1.165, 1.54) is 12.0 Å². The van der Waals surface area contributed by atoms with E-state index in [4.69, 9.17) is 8.92 Å². The Balaban J connectivity index is 2.23. The van der Waals surface area contributed by atoms with Crippen LogP contribution >= 0.6 is 12.0 Å². The molecule has 4 heteroatoms. The quantitative estimate of drug-likeness (QED) is 0.367. The number of rotatable bonds is 9. The zero-order valence-corrected chi connectivity index (χ0v) is 15.3. The van der Waals surface area contributed by atoms with Crippen LogP contribution in [0.5, 0.6) is 5.75 Å². The fourth-order valence-corrected chi connectivity index (χ4v) is 2.66. The topological polar surface area (TPSA) is 35.5 Å². The molecule has 1 atom stereocenters. The second kappa shape index (κ2) is 9.50. The molecule has 0 aromatic heterocycles. The van der Waals surface area contributed by atoms with Crippen molar-refractivity contribution < 1.29 is 13.7 Å². The number of hydrogen-bond acceptors (Lipinski definition) is 4. The van der Waals surface area contributed by atoms with Gasteiger partial charge in [-0.25, -0.2) is 0 Å². The fourth-order valence-electron chi connectivity index (χ4n) is 2.40. The molecule has 0 saturated carbocycles. The molecule has 0 spiro atoms. The lowest BCUT2D eigenvalue weighted by molar-refractivity contribution is 0.103. The Morgan fingerprint density at radius 2 is 1.92 bits per heavy atom. The average Bonchev–Trinajstić information content (AvgIpc) is 2.62. The molecule has 24 heavy (non-hydrogen) atoms. The summed E-state index contributed by atoms with van der Waals surface area (Å²) in [5, 5.41) is 0. The van der Waals surface area contributed by atoms with Gasteiger partial charge in [0, 0.05) is 18.2 Å². The van der Waals surface area contributed by atoms with E-state index in [0.29, 0.717) is 23.5 Å². The van der Waals surface area contributed by atoms with E-state index < -0.39 is 0 Å². The number of hydrogen-bond donors (Lipinski definition) is 0. The number of ketones is 1. The summed E-state index contributed by atoms with van der Waals surface area (Å²) >= 11 is 1.35. The smallest absolute Gasteiger partial charge is 0.196 e. The first kappa shape index (κ1) is 18.6. The summed E-state index contributed by atoms with van der Waals surface area (Å²) in [5.41, 5.74) is 2.42. The van der Waals surface area contributed by atoms with Crippen LogP contribution in [0.2, 0.25) is 0 Å². The van der Waals surface area contributed by atoms with Gasteiger partial charge >= 0.3 is 0 Å². The fraction of sp³-hybridized carbons (Fsp3) is 0.350. The Labute approximate surface area is 148 Å². The lowest BCUT2D eigenvalue weighted by Crippen LogP contribution is -2.16. The van der Waals surface area contributed by atoms with Gasteiger partial charge < -0.3 is 8.92 Å². The largest absolute Gasteiger partial charge is 0.490 e. The number of ether oxygens (including phenoxy) is 1. The average molecular weight is 344 g/mol. The van der Waals surface area contributed by atoms with Gasteiger partial charge in [-0.3, -0.25) is 4.79 Å². The van der Waals surface area contributed by atoms with E-state index in [9.17, 15) is 4.79 Å². The summed E-state index contributed by atoms with van der Waals surface area (Å²) in [6.07, 6.45) is 3.53. The molecule has 128 valence electrons. The van der Waals surface area contributed by atoms with Crippen molar-refractivity contribution in [3.8, 4) is 5.75 Å². The Bertz CT molecular complexity index is 655. The molecule has 0 amide bonds. The van der Waals surface area contributed by atoms with Gasteiger partial charge in [-0.05, 0) is 43.1 Å². The van der Waals surface area contributed by atoms with E-state index in [1.807, 2.05) is 61.7 Å². The van der Waals surface area contributed by atoms with Crippen molar-refractivity contribution in [2.75, 3.05) is 12.9 Å². The molecular weight excluding hydrogens is 320 g/mol. The number of carbonyl (C=O) groups is 1. The normalized spacial score (nSPS) is 12.0. The molecule has 3 nitrogen and oxygen atoms in total. The van der Waals surface area contributed by atoms with Gasteiger partial charge in [-0.15, -0.1) is 0 Å². The second-order valence-corrected chi connectivity index (χ2v) is 6.15. The summed E-state index contributed by atoms with van der Waals surface area (Å²) in [5.74, 6) is 0.631. The molecule has 0 aliphatic heterocycles. The first-order chi connectivity index (χ1) is 11.7. The molecule has 0 radical (unpaired) electrons. The highest BCUT2D eigenvalue weighted by Gasteiger charge is 2.17. The van der Waals surface area contributed by atoms with E-state index in [-0.39, 0.29) is 11.9 Å². The van der Waals surface area contributed by atoms with Crippen LogP contribution in [0.25, 0.3) is 0 Å². The van der Waals surface area contributed by atoms with Gasteiger partial charge in [-0.1, -0.05) is 43.3 Å². The van der Waals surface area contributed by atoms with Crippen LogP contribution in [0, 0.1) is 0 Å². The van der Waals surface area contributed by atoms with Gasteiger partial charge in [0.2, 0.25) is 0 Å². The molecule has 2 aromatic rings. The first-order valence-corrected chi connectivity index (χ1v) is 9.35. The van der Waals surface area contributed by atoms with Gasteiger partial charge in [-0.2, -0.15) is 0 Å². The number of benzene rings is 2. The molecule has 1 unspecified atom stereocenters. The summed E-state index contributed by atoms with van der Waals surface area (Å²) in [6, 6.07) is 15.2. The zero-order chi connectivity index (χ0) is 17.4. The highest BCUT2D eigenvalue weighted by molar-refractivity contribution is 7.93. The summed E-state index contributed by atoms with van der Waals surface area (Å²) in [7, 11) is 0. The van der Waals surface area contributed by atoms with Crippen molar-refractivity contribution in [2.45, 2.75) is 32.8 Å². The highest BCUT2D eigenvalue weighted by Crippen LogP contribution is 2.25. The third-order valence-electron chi connectivity index (χ3n) is 3.79. The second-order valence-electron chi connectivity index (χ2n) is 5.59. The van der Waals surface area contributed by atoms with Crippen molar-refractivity contribution in [1.29, 1.82) is 0 Å². The predicted octanol–water partition coefficient (Wildman–Crippen LogP) is 4.93.